The number of aliphatic hydroxyl groups excluding tert-OH is 1. The maximum Gasteiger partial charge on any atom is 0.433 e. The second kappa shape index (κ2) is 6.47. The Bertz CT molecular complexity index is 861. The zero-order valence-corrected chi connectivity index (χ0v) is 14.3. The molecule has 27 heavy (non-hydrogen) atoms. The summed E-state index contributed by atoms with van der Waals surface area (Å²) in [6.07, 6.45) is -3.01. The summed E-state index contributed by atoms with van der Waals surface area (Å²) < 4.78 is 43.6. The lowest BCUT2D eigenvalue weighted by Crippen LogP contribution is -2.35. The minimum absolute atomic E-state index is 0.0982. The molecule has 1 N–H and O–H groups in total. The summed E-state index contributed by atoms with van der Waals surface area (Å²) in [6.45, 7) is 0.472. The summed E-state index contributed by atoms with van der Waals surface area (Å²) in [5, 5.41) is 10.3. The first-order valence-electron chi connectivity index (χ1n) is 8.25. The molecule has 0 saturated heterocycles. The van der Waals surface area contributed by atoms with E-state index in [-0.39, 0.29) is 35.6 Å². The van der Waals surface area contributed by atoms with Crippen molar-refractivity contribution < 1.29 is 37.4 Å². The van der Waals surface area contributed by atoms with Crippen molar-refractivity contribution in [2.24, 2.45) is 11.3 Å². The predicted octanol–water partition coefficient (Wildman–Crippen LogP) is 3.16. The monoisotopic (exact) mass is 383 g/mol. The molecular formula is C18H16F3NO5. The van der Waals surface area contributed by atoms with Crippen LogP contribution in [0.3, 0.4) is 0 Å². The molecule has 1 fully saturated rings. The van der Waals surface area contributed by atoms with E-state index in [0.717, 1.165) is 19.1 Å². The molecule has 2 bridgehead atoms. The standard InChI is InChI=1S/C18H16F3NO5/c1-9(23)27-8-12-11(2-3-14(22-12)18(19,20)21)16(26)17-5-4-10(7-17)13(24)6-15(17)25/h2-3,6,10,25H,4-5,7-8H2,1H3. The van der Waals surface area contributed by atoms with Gasteiger partial charge in [-0.1, -0.05) is 0 Å². The quantitative estimate of drug-likeness (QED) is 0.634. The number of carbonyl (C=O) groups is 3. The zero-order chi connectivity index (χ0) is 20.0. The summed E-state index contributed by atoms with van der Waals surface area (Å²) in [7, 11) is 0. The predicted molar refractivity (Wildman–Crippen MR) is 84.5 cm³/mol. The molecule has 0 aromatic carbocycles. The van der Waals surface area contributed by atoms with Crippen molar-refractivity contribution >= 4 is 17.5 Å². The van der Waals surface area contributed by atoms with Gasteiger partial charge >= 0.3 is 12.1 Å². The molecule has 9 heteroatoms. The van der Waals surface area contributed by atoms with Gasteiger partial charge in [-0.05, 0) is 31.4 Å². The van der Waals surface area contributed by atoms with Crippen LogP contribution >= 0.6 is 0 Å². The van der Waals surface area contributed by atoms with Gasteiger partial charge in [-0.25, -0.2) is 4.98 Å². The van der Waals surface area contributed by atoms with Crippen LogP contribution in [0.2, 0.25) is 0 Å². The number of Topliss-reactive ketones (excluding diaryl/α,β-unsaturated/α-hetero) is 1. The first kappa shape index (κ1) is 19.1. The smallest absolute Gasteiger partial charge is 0.433 e. The van der Waals surface area contributed by atoms with E-state index in [0.29, 0.717) is 12.5 Å². The van der Waals surface area contributed by atoms with Gasteiger partial charge in [0.1, 0.15) is 18.1 Å². The van der Waals surface area contributed by atoms with E-state index in [4.69, 9.17) is 4.74 Å². The van der Waals surface area contributed by atoms with Gasteiger partial charge in [0.25, 0.3) is 0 Å². The van der Waals surface area contributed by atoms with Crippen molar-refractivity contribution in [2.75, 3.05) is 0 Å². The number of hydrogen-bond donors (Lipinski definition) is 1. The minimum Gasteiger partial charge on any atom is -0.511 e. The van der Waals surface area contributed by atoms with Gasteiger partial charge in [-0.2, -0.15) is 13.2 Å². The number of rotatable bonds is 4. The van der Waals surface area contributed by atoms with E-state index in [1.165, 1.54) is 0 Å². The Kier molecular flexibility index (Phi) is 4.57. The van der Waals surface area contributed by atoms with Gasteiger partial charge in [0.2, 0.25) is 0 Å². The molecule has 2 aliphatic rings. The molecule has 1 aromatic rings. The van der Waals surface area contributed by atoms with E-state index in [9.17, 15) is 32.7 Å². The van der Waals surface area contributed by atoms with E-state index < -0.39 is 41.6 Å². The fourth-order valence-corrected chi connectivity index (χ4v) is 3.64. The van der Waals surface area contributed by atoms with Crippen molar-refractivity contribution in [1.29, 1.82) is 0 Å². The highest BCUT2D eigenvalue weighted by Gasteiger charge is 2.53. The third-order valence-corrected chi connectivity index (χ3v) is 5.04. The van der Waals surface area contributed by atoms with Crippen molar-refractivity contribution in [1.82, 2.24) is 4.98 Å². The third-order valence-electron chi connectivity index (χ3n) is 5.04. The van der Waals surface area contributed by atoms with E-state index in [2.05, 4.69) is 4.98 Å². The Hall–Kier alpha value is -2.71. The van der Waals surface area contributed by atoms with Crippen molar-refractivity contribution in [3.05, 3.63) is 40.9 Å². The van der Waals surface area contributed by atoms with Crippen LogP contribution < -0.4 is 0 Å². The highest BCUT2D eigenvalue weighted by Crippen LogP contribution is 2.52. The van der Waals surface area contributed by atoms with Crippen LogP contribution in [0.25, 0.3) is 0 Å². The highest BCUT2D eigenvalue weighted by molar-refractivity contribution is 6.06. The first-order chi connectivity index (χ1) is 12.5. The van der Waals surface area contributed by atoms with Crippen molar-refractivity contribution in [2.45, 2.75) is 39.0 Å². The van der Waals surface area contributed by atoms with Gasteiger partial charge in [-0.3, -0.25) is 14.4 Å². The number of esters is 1. The fraction of sp³-hybridized carbons (Fsp3) is 0.444. The minimum atomic E-state index is -4.73. The number of carbonyl (C=O) groups excluding carboxylic acids is 3. The Morgan fingerprint density at radius 2 is 2.07 bits per heavy atom. The largest absolute Gasteiger partial charge is 0.511 e. The van der Waals surface area contributed by atoms with Gasteiger partial charge in [-0.15, -0.1) is 0 Å². The fourth-order valence-electron chi connectivity index (χ4n) is 3.64. The second-order valence-corrected chi connectivity index (χ2v) is 6.75. The van der Waals surface area contributed by atoms with Gasteiger partial charge in [0.05, 0.1) is 11.1 Å². The van der Waals surface area contributed by atoms with E-state index in [1.807, 2.05) is 0 Å². The summed E-state index contributed by atoms with van der Waals surface area (Å²) in [4.78, 5) is 39.5. The Labute approximate surface area is 152 Å². The molecule has 2 aliphatic carbocycles. The summed E-state index contributed by atoms with van der Waals surface area (Å²) in [5.41, 5.74) is -3.08. The molecular weight excluding hydrogens is 367 g/mol. The number of aromatic nitrogens is 1. The SMILES string of the molecule is CC(=O)OCc1nc(C(F)(F)F)ccc1C(=O)C12CCC(C1)C(=O)C=C2O. The topological polar surface area (TPSA) is 93.6 Å². The molecule has 0 radical (unpaired) electrons. The molecule has 0 spiro atoms. The number of alkyl halides is 3. The number of halogens is 3. The molecule has 144 valence electrons. The number of nitrogens with zero attached hydrogens (tertiary/aromatic N) is 1. The lowest BCUT2D eigenvalue weighted by molar-refractivity contribution is -0.142. The van der Waals surface area contributed by atoms with Crippen LogP contribution in [0.5, 0.6) is 0 Å². The number of hydrogen-bond acceptors (Lipinski definition) is 6. The molecule has 6 nitrogen and oxygen atoms in total. The number of fused-ring (bicyclic) bond motifs is 2. The molecule has 2 unspecified atom stereocenters. The number of ether oxygens (including phenoxy) is 1. The lowest BCUT2D eigenvalue weighted by Gasteiger charge is -2.30. The van der Waals surface area contributed by atoms with Crippen LogP contribution in [-0.2, 0) is 27.1 Å². The van der Waals surface area contributed by atoms with Gasteiger partial charge in [0.15, 0.2) is 11.6 Å². The number of aliphatic hydroxyl groups is 1. The average Bonchev–Trinajstić information content (AvgIpc) is 3.00. The van der Waals surface area contributed by atoms with Crippen LogP contribution in [0.1, 0.15) is 47.9 Å². The van der Waals surface area contributed by atoms with Gasteiger partial charge < -0.3 is 9.84 Å². The van der Waals surface area contributed by atoms with Crippen LogP contribution in [0.4, 0.5) is 13.2 Å². The van der Waals surface area contributed by atoms with Crippen LogP contribution in [-0.4, -0.2) is 27.6 Å². The van der Waals surface area contributed by atoms with Crippen LogP contribution in [0.15, 0.2) is 24.0 Å². The molecule has 0 aliphatic heterocycles. The third kappa shape index (κ3) is 3.33. The Morgan fingerprint density at radius 1 is 1.37 bits per heavy atom. The molecule has 0 amide bonds. The maximum atomic E-state index is 13.1. The van der Waals surface area contributed by atoms with Gasteiger partial charge in [0, 0.05) is 24.5 Å². The Balaban J connectivity index is 2.05. The lowest BCUT2D eigenvalue weighted by atomic mass is 9.73. The molecule has 1 aromatic heterocycles. The zero-order valence-electron chi connectivity index (χ0n) is 14.3. The van der Waals surface area contributed by atoms with E-state index in [1.54, 1.807) is 0 Å². The second-order valence-electron chi connectivity index (χ2n) is 6.75. The molecule has 3 rings (SSSR count). The molecule has 2 atom stereocenters. The van der Waals surface area contributed by atoms with Crippen molar-refractivity contribution in [3.8, 4) is 0 Å². The molecule has 1 heterocycles. The number of ketones is 2. The van der Waals surface area contributed by atoms with E-state index >= 15 is 0 Å². The van der Waals surface area contributed by atoms with Crippen molar-refractivity contribution in [3.63, 3.8) is 0 Å². The summed E-state index contributed by atoms with van der Waals surface area (Å²) >= 11 is 0. The maximum absolute atomic E-state index is 13.1. The first-order valence-corrected chi connectivity index (χ1v) is 8.25. The summed E-state index contributed by atoms with van der Waals surface area (Å²) in [5.74, 6) is -2.42. The number of pyridine rings is 1. The summed E-state index contributed by atoms with van der Waals surface area (Å²) in [6, 6.07) is 1.64. The number of allylic oxidation sites excluding steroid dienone is 2. The molecule has 1 saturated carbocycles. The average molecular weight is 383 g/mol. The Morgan fingerprint density at radius 3 is 2.70 bits per heavy atom. The van der Waals surface area contributed by atoms with Crippen LogP contribution in [0, 0.1) is 11.3 Å². The normalized spacial score (nSPS) is 24.5. The highest BCUT2D eigenvalue weighted by atomic mass is 19.4.